The topological polar surface area (TPSA) is 97.0 Å². The third-order valence-corrected chi connectivity index (χ3v) is 3.54. The molecule has 0 aliphatic carbocycles. The fourth-order valence-corrected chi connectivity index (χ4v) is 2.31. The van der Waals surface area contributed by atoms with Gasteiger partial charge in [0.1, 0.15) is 17.4 Å². The molecular formula is C19H26F3N3O5S. The lowest BCUT2D eigenvalue weighted by atomic mass is 10.1. The fourth-order valence-electron chi connectivity index (χ4n) is 2.25. The van der Waals surface area contributed by atoms with Gasteiger partial charge in [0.2, 0.25) is 0 Å². The maximum absolute atomic E-state index is 13.2. The summed E-state index contributed by atoms with van der Waals surface area (Å²) in [5, 5.41) is 2.23. The standard InChI is InChI=1S/C19H26F3N3O5S/c1-17(2,3)29-15(27)25(16(28)30-18(4,5)6)13(23-14(26)24-31)11-8-7-9-12(10-11)19(20,21)22/h7-10,13,31H,1-6H3,(H2,23,24,26). The third kappa shape index (κ3) is 8.56. The number of thiol groups is 1. The molecular weight excluding hydrogens is 439 g/mol. The van der Waals surface area contributed by atoms with Gasteiger partial charge in [-0.15, -0.1) is 0 Å². The molecule has 0 fully saturated rings. The molecule has 4 amide bonds. The summed E-state index contributed by atoms with van der Waals surface area (Å²) < 4.78 is 52.0. The van der Waals surface area contributed by atoms with Gasteiger partial charge in [0.05, 0.1) is 5.56 Å². The Hall–Kier alpha value is -2.63. The lowest BCUT2D eigenvalue weighted by Gasteiger charge is -2.34. The normalized spacial score (nSPS) is 13.1. The molecule has 0 saturated heterocycles. The van der Waals surface area contributed by atoms with Crippen LogP contribution in [0, 0.1) is 0 Å². The number of hydrogen-bond donors (Lipinski definition) is 3. The quantitative estimate of drug-likeness (QED) is 0.430. The number of urea groups is 1. The van der Waals surface area contributed by atoms with Gasteiger partial charge < -0.3 is 14.8 Å². The molecule has 1 aromatic carbocycles. The Morgan fingerprint density at radius 1 is 0.968 bits per heavy atom. The summed E-state index contributed by atoms with van der Waals surface area (Å²) >= 11 is 3.59. The van der Waals surface area contributed by atoms with E-state index in [0.717, 1.165) is 12.1 Å². The molecule has 0 bridgehead atoms. The van der Waals surface area contributed by atoms with Crippen LogP contribution in [0.4, 0.5) is 27.6 Å². The Morgan fingerprint density at radius 3 is 1.84 bits per heavy atom. The second-order valence-electron chi connectivity index (χ2n) is 8.44. The number of nitrogens with zero attached hydrogens (tertiary/aromatic N) is 1. The molecule has 0 spiro atoms. The summed E-state index contributed by atoms with van der Waals surface area (Å²) in [5.41, 5.74) is -3.37. The second-order valence-corrected chi connectivity index (χ2v) is 8.67. The summed E-state index contributed by atoms with van der Waals surface area (Å²) in [6.45, 7) is 9.20. The van der Waals surface area contributed by atoms with Crippen molar-refractivity contribution >= 4 is 31.0 Å². The number of imide groups is 1. The lowest BCUT2D eigenvalue weighted by molar-refractivity contribution is -0.137. The molecule has 174 valence electrons. The molecule has 0 saturated carbocycles. The van der Waals surface area contributed by atoms with E-state index in [1.165, 1.54) is 47.6 Å². The van der Waals surface area contributed by atoms with Crippen molar-refractivity contribution in [2.75, 3.05) is 0 Å². The highest BCUT2D eigenvalue weighted by Gasteiger charge is 2.39. The molecule has 31 heavy (non-hydrogen) atoms. The predicted molar refractivity (Wildman–Crippen MR) is 109 cm³/mol. The summed E-state index contributed by atoms with van der Waals surface area (Å²) in [7, 11) is 0. The van der Waals surface area contributed by atoms with Gasteiger partial charge in [0.25, 0.3) is 0 Å². The van der Waals surface area contributed by atoms with E-state index < -0.39 is 47.3 Å². The number of nitrogens with one attached hydrogen (secondary N) is 2. The number of hydrogen-bond acceptors (Lipinski definition) is 6. The number of carbonyl (C=O) groups is 3. The van der Waals surface area contributed by atoms with E-state index in [4.69, 9.17) is 9.47 Å². The molecule has 1 unspecified atom stereocenters. The van der Waals surface area contributed by atoms with Crippen LogP contribution in [0.15, 0.2) is 24.3 Å². The van der Waals surface area contributed by atoms with Crippen LogP contribution in [0.25, 0.3) is 0 Å². The zero-order valence-electron chi connectivity index (χ0n) is 18.0. The Kier molecular flexibility index (Phi) is 8.23. The van der Waals surface area contributed by atoms with Crippen LogP contribution in [0.3, 0.4) is 0 Å². The first-order valence-corrected chi connectivity index (χ1v) is 9.52. The second kappa shape index (κ2) is 9.67. The number of alkyl halides is 3. The highest BCUT2D eigenvalue weighted by Crippen LogP contribution is 2.32. The van der Waals surface area contributed by atoms with E-state index in [2.05, 4.69) is 18.1 Å². The number of rotatable bonds is 3. The SMILES string of the molecule is CC(C)(C)OC(=O)N(C(=O)OC(C)(C)C)C(NC(=O)NS)c1cccc(C(F)(F)F)c1. The first-order valence-electron chi connectivity index (χ1n) is 9.07. The maximum Gasteiger partial charge on any atom is 0.421 e. The first-order chi connectivity index (χ1) is 13.9. The van der Waals surface area contributed by atoms with Crippen molar-refractivity contribution in [3.05, 3.63) is 35.4 Å². The highest BCUT2D eigenvalue weighted by molar-refractivity contribution is 7.78. The molecule has 2 N–H and O–H groups in total. The predicted octanol–water partition coefficient (Wildman–Crippen LogP) is 5.02. The summed E-state index contributed by atoms with van der Waals surface area (Å²) in [6, 6.07) is 2.81. The number of ether oxygens (including phenoxy) is 2. The van der Waals surface area contributed by atoms with E-state index in [-0.39, 0.29) is 5.56 Å². The number of amides is 4. The van der Waals surface area contributed by atoms with Crippen molar-refractivity contribution in [3.63, 3.8) is 0 Å². The molecule has 8 nitrogen and oxygen atoms in total. The minimum atomic E-state index is -4.70. The van der Waals surface area contributed by atoms with E-state index in [9.17, 15) is 27.6 Å². The molecule has 1 rings (SSSR count). The van der Waals surface area contributed by atoms with Gasteiger partial charge in [-0.3, -0.25) is 4.72 Å². The molecule has 0 heterocycles. The Labute approximate surface area is 184 Å². The molecule has 0 aromatic heterocycles. The largest absolute Gasteiger partial charge is 0.443 e. The van der Waals surface area contributed by atoms with Gasteiger partial charge in [-0.2, -0.15) is 18.1 Å². The van der Waals surface area contributed by atoms with Gasteiger partial charge in [0, 0.05) is 0 Å². The Bertz CT molecular complexity index is 791. The van der Waals surface area contributed by atoms with Crippen LogP contribution in [-0.2, 0) is 15.7 Å². The molecule has 0 radical (unpaired) electrons. The van der Waals surface area contributed by atoms with E-state index in [1.807, 2.05) is 4.72 Å². The van der Waals surface area contributed by atoms with Crippen LogP contribution in [0.1, 0.15) is 58.8 Å². The number of benzene rings is 1. The highest BCUT2D eigenvalue weighted by atomic mass is 32.1. The average molecular weight is 465 g/mol. The van der Waals surface area contributed by atoms with Crippen molar-refractivity contribution < 1.29 is 37.0 Å². The lowest BCUT2D eigenvalue weighted by Crippen LogP contribution is -2.51. The van der Waals surface area contributed by atoms with Gasteiger partial charge in [0.15, 0.2) is 0 Å². The van der Waals surface area contributed by atoms with Crippen LogP contribution in [0.5, 0.6) is 0 Å². The molecule has 0 aliphatic heterocycles. The summed E-state index contributed by atoms with van der Waals surface area (Å²) in [4.78, 5) is 38.0. The van der Waals surface area contributed by atoms with Gasteiger partial charge in [-0.05, 0) is 59.2 Å². The third-order valence-electron chi connectivity index (χ3n) is 3.34. The van der Waals surface area contributed by atoms with Crippen LogP contribution in [0.2, 0.25) is 0 Å². The molecule has 12 heteroatoms. The minimum absolute atomic E-state index is 0.219. The number of carbonyl (C=O) groups excluding carboxylic acids is 3. The Morgan fingerprint density at radius 2 is 1.45 bits per heavy atom. The van der Waals surface area contributed by atoms with Crippen LogP contribution >= 0.6 is 12.8 Å². The van der Waals surface area contributed by atoms with Crippen LogP contribution in [-0.4, -0.2) is 34.3 Å². The van der Waals surface area contributed by atoms with Crippen molar-refractivity contribution in [2.45, 2.75) is 65.1 Å². The van der Waals surface area contributed by atoms with Gasteiger partial charge in [-0.25, -0.2) is 14.4 Å². The van der Waals surface area contributed by atoms with Crippen molar-refractivity contribution in [2.24, 2.45) is 0 Å². The number of halogens is 3. The monoisotopic (exact) mass is 465 g/mol. The molecule has 0 aliphatic rings. The summed E-state index contributed by atoms with van der Waals surface area (Å²) in [5.74, 6) is 0. The zero-order valence-corrected chi connectivity index (χ0v) is 18.9. The smallest absolute Gasteiger partial charge is 0.421 e. The van der Waals surface area contributed by atoms with Crippen molar-refractivity contribution in [1.82, 2.24) is 14.9 Å². The maximum atomic E-state index is 13.2. The van der Waals surface area contributed by atoms with Crippen LogP contribution < -0.4 is 10.0 Å². The van der Waals surface area contributed by atoms with E-state index in [0.29, 0.717) is 11.0 Å². The minimum Gasteiger partial charge on any atom is -0.443 e. The summed E-state index contributed by atoms with van der Waals surface area (Å²) in [6.07, 6.45) is -8.86. The van der Waals surface area contributed by atoms with Crippen molar-refractivity contribution in [1.29, 1.82) is 0 Å². The Balaban J connectivity index is 3.59. The van der Waals surface area contributed by atoms with E-state index in [1.54, 1.807) is 0 Å². The van der Waals surface area contributed by atoms with E-state index >= 15 is 0 Å². The molecule has 1 atom stereocenters. The van der Waals surface area contributed by atoms with Crippen molar-refractivity contribution in [3.8, 4) is 0 Å². The molecule has 1 aromatic rings. The zero-order chi connectivity index (χ0) is 24.2. The fraction of sp³-hybridized carbons (Fsp3) is 0.526. The first kappa shape index (κ1) is 26.4. The average Bonchev–Trinajstić information content (AvgIpc) is 2.57. The van der Waals surface area contributed by atoms with Gasteiger partial charge in [-0.1, -0.05) is 24.9 Å². The van der Waals surface area contributed by atoms with Gasteiger partial charge >= 0.3 is 24.4 Å².